The molecule has 1 rings (SSSR count). The van der Waals surface area contributed by atoms with Gasteiger partial charge in [0.25, 0.3) is 0 Å². The van der Waals surface area contributed by atoms with Gasteiger partial charge < -0.3 is 11.5 Å². The summed E-state index contributed by atoms with van der Waals surface area (Å²) in [6, 6.07) is 8.32. The molecule has 72 valence electrons. The van der Waals surface area contributed by atoms with Gasteiger partial charge in [0.1, 0.15) is 0 Å². The molecule has 0 radical (unpaired) electrons. The molecule has 0 unspecified atom stereocenters. The number of carbonyl (C=O) groups is 1. The molecule has 0 aliphatic carbocycles. The topological polar surface area (TPSA) is 92.9 Å². The average Bonchev–Trinajstić information content (AvgIpc) is 2.18. The highest BCUT2D eigenvalue weighted by molar-refractivity contribution is 5.92. The number of carbonyl (C=O) groups excluding carboxylic acids is 1. The highest BCUT2D eigenvalue weighted by Gasteiger charge is 2.07. The number of rotatable bonds is 3. The van der Waals surface area contributed by atoms with Crippen molar-refractivity contribution in [1.29, 1.82) is 5.26 Å². The maximum absolute atomic E-state index is 10.9. The Labute approximate surface area is 82.1 Å². The van der Waals surface area contributed by atoms with Crippen LogP contribution in [0.5, 0.6) is 0 Å². The van der Waals surface area contributed by atoms with E-state index in [1.165, 1.54) is 0 Å². The van der Waals surface area contributed by atoms with E-state index in [-0.39, 0.29) is 12.5 Å². The van der Waals surface area contributed by atoms with Crippen LogP contribution in [-0.2, 0) is 0 Å². The summed E-state index contributed by atoms with van der Waals surface area (Å²) in [6.45, 7) is 0. The van der Waals surface area contributed by atoms with Crippen molar-refractivity contribution in [3.8, 4) is 6.07 Å². The van der Waals surface area contributed by atoms with Gasteiger partial charge >= 0.3 is 0 Å². The van der Waals surface area contributed by atoms with Crippen LogP contribution in [0.4, 0.5) is 0 Å². The molecule has 0 saturated heterocycles. The second-order valence-corrected chi connectivity index (χ2v) is 2.96. The van der Waals surface area contributed by atoms with Crippen LogP contribution in [0, 0.1) is 11.3 Å². The van der Waals surface area contributed by atoms with Crippen LogP contribution in [0.25, 0.3) is 0 Å². The van der Waals surface area contributed by atoms with Crippen molar-refractivity contribution >= 4 is 5.91 Å². The highest BCUT2D eigenvalue weighted by Crippen LogP contribution is 2.14. The van der Waals surface area contributed by atoms with Gasteiger partial charge in [0, 0.05) is 11.6 Å². The van der Waals surface area contributed by atoms with Gasteiger partial charge in [-0.1, -0.05) is 12.1 Å². The minimum atomic E-state index is -0.490. The van der Waals surface area contributed by atoms with Crippen LogP contribution in [0.15, 0.2) is 24.3 Å². The van der Waals surface area contributed by atoms with E-state index in [4.69, 9.17) is 16.7 Å². The molecule has 1 atom stereocenters. The summed E-state index contributed by atoms with van der Waals surface area (Å²) in [5.41, 5.74) is 12.0. The lowest BCUT2D eigenvalue weighted by Crippen LogP contribution is -2.14. The van der Waals surface area contributed by atoms with Crippen molar-refractivity contribution in [3.63, 3.8) is 0 Å². The molecule has 1 aromatic carbocycles. The molecule has 0 aliphatic rings. The number of benzene rings is 1. The zero-order valence-corrected chi connectivity index (χ0v) is 7.60. The van der Waals surface area contributed by atoms with E-state index in [0.29, 0.717) is 5.56 Å². The van der Waals surface area contributed by atoms with Gasteiger partial charge in [-0.2, -0.15) is 5.26 Å². The Morgan fingerprint density at radius 2 is 2.29 bits per heavy atom. The van der Waals surface area contributed by atoms with Crippen molar-refractivity contribution in [2.24, 2.45) is 11.5 Å². The molecule has 0 fully saturated rings. The fourth-order valence-electron chi connectivity index (χ4n) is 1.14. The number of amides is 1. The van der Waals surface area contributed by atoms with Crippen molar-refractivity contribution in [2.75, 3.05) is 0 Å². The number of nitriles is 1. The molecular formula is C10H11N3O. The Morgan fingerprint density at radius 1 is 1.57 bits per heavy atom. The Kier molecular flexibility index (Phi) is 3.21. The van der Waals surface area contributed by atoms with Crippen molar-refractivity contribution < 1.29 is 4.79 Å². The fourth-order valence-corrected chi connectivity index (χ4v) is 1.14. The van der Waals surface area contributed by atoms with Gasteiger partial charge in [0.2, 0.25) is 5.91 Å². The van der Waals surface area contributed by atoms with E-state index in [0.717, 1.165) is 5.56 Å². The summed E-state index contributed by atoms with van der Waals surface area (Å²) in [5, 5.41) is 8.45. The normalized spacial score (nSPS) is 11.7. The van der Waals surface area contributed by atoms with Crippen LogP contribution in [0.1, 0.15) is 28.4 Å². The number of primary amides is 1. The zero-order valence-electron chi connectivity index (χ0n) is 7.60. The number of nitrogens with two attached hydrogens (primary N) is 2. The monoisotopic (exact) mass is 189 g/mol. The molecule has 4 N–H and O–H groups in total. The Hall–Kier alpha value is -1.86. The summed E-state index contributed by atoms with van der Waals surface area (Å²) in [4.78, 5) is 10.9. The first kappa shape index (κ1) is 10.2. The predicted molar refractivity (Wildman–Crippen MR) is 52.1 cm³/mol. The Bertz CT molecular complexity index is 381. The number of nitrogens with zero attached hydrogens (tertiary/aromatic N) is 1. The van der Waals surface area contributed by atoms with Gasteiger partial charge in [-0.3, -0.25) is 4.79 Å². The smallest absolute Gasteiger partial charge is 0.248 e. The minimum absolute atomic E-state index is 0.224. The number of hydrogen-bond donors (Lipinski definition) is 2. The molecule has 4 heteroatoms. The molecule has 0 aliphatic heterocycles. The number of hydrogen-bond acceptors (Lipinski definition) is 3. The lowest BCUT2D eigenvalue weighted by molar-refractivity contribution is 0.1000. The quantitative estimate of drug-likeness (QED) is 0.732. The second kappa shape index (κ2) is 4.40. The molecule has 0 saturated carbocycles. The molecule has 1 amide bonds. The summed E-state index contributed by atoms with van der Waals surface area (Å²) in [5.74, 6) is -0.490. The maximum atomic E-state index is 10.9. The van der Waals surface area contributed by atoms with E-state index in [9.17, 15) is 4.79 Å². The van der Waals surface area contributed by atoms with Crippen LogP contribution in [-0.4, -0.2) is 5.91 Å². The van der Waals surface area contributed by atoms with E-state index < -0.39 is 5.91 Å². The minimum Gasteiger partial charge on any atom is -0.366 e. The standard InChI is InChI=1S/C10H11N3O/c11-5-4-9(12)7-2-1-3-8(6-7)10(13)14/h1-3,6,9H,4,12H2,(H2,13,14)/t9-/m1/s1. The third-order valence-electron chi connectivity index (χ3n) is 1.91. The third kappa shape index (κ3) is 2.31. The first-order chi connectivity index (χ1) is 6.65. The molecule has 0 aromatic heterocycles. The van der Waals surface area contributed by atoms with Crippen molar-refractivity contribution in [3.05, 3.63) is 35.4 Å². The zero-order chi connectivity index (χ0) is 10.6. The SMILES string of the molecule is N#CC[C@@H](N)c1cccc(C(N)=O)c1. The molecule has 14 heavy (non-hydrogen) atoms. The molecule has 4 nitrogen and oxygen atoms in total. The van der Waals surface area contributed by atoms with Gasteiger partial charge in [0.05, 0.1) is 12.5 Å². The van der Waals surface area contributed by atoms with E-state index >= 15 is 0 Å². The van der Waals surface area contributed by atoms with E-state index in [1.54, 1.807) is 24.3 Å². The average molecular weight is 189 g/mol. The van der Waals surface area contributed by atoms with Crippen LogP contribution >= 0.6 is 0 Å². The van der Waals surface area contributed by atoms with Gasteiger partial charge in [-0.05, 0) is 17.7 Å². The second-order valence-electron chi connectivity index (χ2n) is 2.96. The summed E-state index contributed by atoms with van der Waals surface area (Å²) in [7, 11) is 0. The lowest BCUT2D eigenvalue weighted by atomic mass is 10.0. The van der Waals surface area contributed by atoms with E-state index in [2.05, 4.69) is 0 Å². The van der Waals surface area contributed by atoms with Crippen molar-refractivity contribution in [2.45, 2.75) is 12.5 Å². The fraction of sp³-hybridized carbons (Fsp3) is 0.200. The lowest BCUT2D eigenvalue weighted by Gasteiger charge is -2.08. The van der Waals surface area contributed by atoms with Crippen LogP contribution in [0.2, 0.25) is 0 Å². The van der Waals surface area contributed by atoms with Gasteiger partial charge in [0.15, 0.2) is 0 Å². The Balaban J connectivity index is 2.94. The molecule has 0 spiro atoms. The summed E-state index contributed by atoms with van der Waals surface area (Å²) in [6.07, 6.45) is 0.224. The largest absolute Gasteiger partial charge is 0.366 e. The molecular weight excluding hydrogens is 178 g/mol. The van der Waals surface area contributed by atoms with Gasteiger partial charge in [-0.25, -0.2) is 0 Å². The first-order valence-corrected chi connectivity index (χ1v) is 4.17. The van der Waals surface area contributed by atoms with Crippen LogP contribution < -0.4 is 11.5 Å². The predicted octanol–water partition coefficient (Wildman–Crippen LogP) is 0.699. The maximum Gasteiger partial charge on any atom is 0.248 e. The summed E-state index contributed by atoms with van der Waals surface area (Å²) < 4.78 is 0. The summed E-state index contributed by atoms with van der Waals surface area (Å²) >= 11 is 0. The van der Waals surface area contributed by atoms with Crippen LogP contribution in [0.3, 0.4) is 0 Å². The molecule has 0 bridgehead atoms. The van der Waals surface area contributed by atoms with Gasteiger partial charge in [-0.15, -0.1) is 0 Å². The van der Waals surface area contributed by atoms with E-state index in [1.807, 2.05) is 6.07 Å². The highest BCUT2D eigenvalue weighted by atomic mass is 16.1. The molecule has 1 aromatic rings. The first-order valence-electron chi connectivity index (χ1n) is 4.17. The Morgan fingerprint density at radius 3 is 2.86 bits per heavy atom. The molecule has 0 heterocycles. The van der Waals surface area contributed by atoms with Crippen molar-refractivity contribution in [1.82, 2.24) is 0 Å². The third-order valence-corrected chi connectivity index (χ3v) is 1.91.